The van der Waals surface area contributed by atoms with Crippen molar-refractivity contribution >= 4 is 11.9 Å². The van der Waals surface area contributed by atoms with Gasteiger partial charge in [-0.15, -0.1) is 0 Å². The third-order valence-electron chi connectivity index (χ3n) is 3.18. The van der Waals surface area contributed by atoms with Crippen LogP contribution < -0.4 is 5.32 Å². The molecule has 1 aromatic heterocycles. The topological polar surface area (TPSA) is 79.3 Å². The number of nitrogens with zero attached hydrogens (tertiary/aromatic N) is 1. The van der Waals surface area contributed by atoms with E-state index in [1.54, 1.807) is 0 Å². The molecule has 1 atom stereocenters. The first-order valence-electron chi connectivity index (χ1n) is 6.30. The Bertz CT molecular complexity index is 511. The minimum Gasteiger partial charge on any atom is -0.478 e. The fourth-order valence-corrected chi connectivity index (χ4v) is 2.12. The summed E-state index contributed by atoms with van der Waals surface area (Å²) in [5.41, 5.74) is -0.0927. The molecule has 0 radical (unpaired) electrons. The lowest BCUT2D eigenvalue weighted by Gasteiger charge is -2.18. The van der Waals surface area contributed by atoms with Crippen molar-refractivity contribution < 1.29 is 14.7 Å². The molecule has 1 amide bonds. The van der Waals surface area contributed by atoms with E-state index in [4.69, 9.17) is 5.11 Å². The van der Waals surface area contributed by atoms with E-state index >= 15 is 0 Å². The second-order valence-corrected chi connectivity index (χ2v) is 4.57. The Morgan fingerprint density at radius 3 is 2.95 bits per heavy atom. The number of pyridine rings is 1. The predicted molar refractivity (Wildman–Crippen MR) is 70.0 cm³/mol. The summed E-state index contributed by atoms with van der Waals surface area (Å²) in [7, 11) is 0. The van der Waals surface area contributed by atoms with Crippen molar-refractivity contribution in [2.24, 2.45) is 5.92 Å². The first-order chi connectivity index (χ1) is 9.18. The summed E-state index contributed by atoms with van der Waals surface area (Å²) < 4.78 is 0. The quantitative estimate of drug-likeness (QED) is 0.810. The molecule has 2 N–H and O–H groups in total. The maximum absolute atomic E-state index is 12.0. The summed E-state index contributed by atoms with van der Waals surface area (Å²) in [4.78, 5) is 26.8. The molecule has 0 aliphatic heterocycles. The number of carboxylic acids is 1. The monoisotopic (exact) mass is 260 g/mol. The Kier molecular flexibility index (Phi) is 4.28. The molecule has 0 fully saturated rings. The van der Waals surface area contributed by atoms with Gasteiger partial charge in [0.05, 0.1) is 5.56 Å². The van der Waals surface area contributed by atoms with Crippen molar-refractivity contribution in [3.8, 4) is 0 Å². The van der Waals surface area contributed by atoms with Gasteiger partial charge in [-0.2, -0.15) is 0 Å². The van der Waals surface area contributed by atoms with Gasteiger partial charge in [0.15, 0.2) is 0 Å². The van der Waals surface area contributed by atoms with Gasteiger partial charge >= 0.3 is 5.97 Å². The van der Waals surface area contributed by atoms with E-state index in [0.29, 0.717) is 12.5 Å². The summed E-state index contributed by atoms with van der Waals surface area (Å²) in [5, 5.41) is 11.8. The first kappa shape index (κ1) is 13.3. The molecule has 0 saturated heterocycles. The van der Waals surface area contributed by atoms with E-state index in [1.165, 1.54) is 18.3 Å². The maximum atomic E-state index is 12.0. The van der Waals surface area contributed by atoms with Crippen LogP contribution in [0.3, 0.4) is 0 Å². The van der Waals surface area contributed by atoms with E-state index in [2.05, 4.69) is 22.5 Å². The highest BCUT2D eigenvalue weighted by atomic mass is 16.4. The summed E-state index contributed by atoms with van der Waals surface area (Å²) >= 11 is 0. The fraction of sp³-hybridized carbons (Fsp3) is 0.357. The Labute approximate surface area is 111 Å². The number of aromatic nitrogens is 1. The third kappa shape index (κ3) is 3.40. The minimum atomic E-state index is -1.14. The number of nitrogens with one attached hydrogen (secondary N) is 1. The van der Waals surface area contributed by atoms with Crippen LogP contribution in [0.4, 0.5) is 0 Å². The van der Waals surface area contributed by atoms with Crippen LogP contribution in [0.15, 0.2) is 30.5 Å². The number of allylic oxidation sites excluding steroid dienone is 2. The summed E-state index contributed by atoms with van der Waals surface area (Å²) in [6, 6.07) is 2.89. The molecule has 0 saturated carbocycles. The van der Waals surface area contributed by atoms with Gasteiger partial charge in [0.2, 0.25) is 0 Å². The van der Waals surface area contributed by atoms with Crippen molar-refractivity contribution in [2.75, 3.05) is 6.54 Å². The number of hydrogen-bond acceptors (Lipinski definition) is 3. The molecule has 1 aliphatic carbocycles. The summed E-state index contributed by atoms with van der Waals surface area (Å²) in [6.45, 7) is 0.554. The number of amides is 1. The molecule has 1 unspecified atom stereocenters. The molecule has 0 aromatic carbocycles. The van der Waals surface area contributed by atoms with Gasteiger partial charge in [-0.3, -0.25) is 9.78 Å². The highest BCUT2D eigenvalue weighted by Gasteiger charge is 2.18. The smallest absolute Gasteiger partial charge is 0.338 e. The SMILES string of the molecule is O=C(O)c1cccnc1C(=O)NCC1CC=CCC1. The molecule has 100 valence electrons. The second-order valence-electron chi connectivity index (χ2n) is 4.57. The Morgan fingerprint density at radius 1 is 1.42 bits per heavy atom. The third-order valence-corrected chi connectivity index (χ3v) is 3.18. The van der Waals surface area contributed by atoms with Crippen LogP contribution in [0.1, 0.15) is 40.1 Å². The number of carboxylic acid groups (broad SMARTS) is 1. The molecule has 0 spiro atoms. The van der Waals surface area contributed by atoms with Gasteiger partial charge in [0, 0.05) is 12.7 Å². The van der Waals surface area contributed by atoms with Crippen LogP contribution in [0, 0.1) is 5.92 Å². The van der Waals surface area contributed by atoms with Crippen molar-refractivity contribution in [1.82, 2.24) is 10.3 Å². The van der Waals surface area contributed by atoms with Crippen LogP contribution in [-0.4, -0.2) is 28.5 Å². The van der Waals surface area contributed by atoms with Crippen molar-refractivity contribution in [3.05, 3.63) is 41.7 Å². The molecule has 5 heteroatoms. The van der Waals surface area contributed by atoms with Gasteiger partial charge in [-0.05, 0) is 37.3 Å². The molecular weight excluding hydrogens is 244 g/mol. The standard InChI is InChI=1S/C14H16N2O3/c17-13(16-9-10-5-2-1-3-6-10)12-11(14(18)19)7-4-8-15-12/h1-2,4,7-8,10H,3,5-6,9H2,(H,16,17)(H,18,19). The molecular formula is C14H16N2O3. The van der Waals surface area contributed by atoms with Crippen LogP contribution in [-0.2, 0) is 0 Å². The Balaban J connectivity index is 2.00. The van der Waals surface area contributed by atoms with E-state index in [1.807, 2.05) is 0 Å². The largest absolute Gasteiger partial charge is 0.478 e. The van der Waals surface area contributed by atoms with Gasteiger partial charge in [-0.1, -0.05) is 12.2 Å². The summed E-state index contributed by atoms with van der Waals surface area (Å²) in [6.07, 6.45) is 8.71. The van der Waals surface area contributed by atoms with Gasteiger partial charge in [-0.25, -0.2) is 4.79 Å². The highest BCUT2D eigenvalue weighted by molar-refractivity contribution is 6.03. The maximum Gasteiger partial charge on any atom is 0.338 e. The van der Waals surface area contributed by atoms with E-state index < -0.39 is 11.9 Å². The normalized spacial score (nSPS) is 18.0. The van der Waals surface area contributed by atoms with Gasteiger partial charge in [0.25, 0.3) is 5.91 Å². The van der Waals surface area contributed by atoms with Crippen molar-refractivity contribution in [1.29, 1.82) is 0 Å². The van der Waals surface area contributed by atoms with Crippen molar-refractivity contribution in [2.45, 2.75) is 19.3 Å². The molecule has 5 nitrogen and oxygen atoms in total. The number of aromatic carboxylic acids is 1. The van der Waals surface area contributed by atoms with Gasteiger partial charge < -0.3 is 10.4 Å². The minimum absolute atomic E-state index is 0.0265. The van der Waals surface area contributed by atoms with Crippen LogP contribution in [0.25, 0.3) is 0 Å². The first-order valence-corrected chi connectivity index (χ1v) is 6.30. The zero-order valence-electron chi connectivity index (χ0n) is 10.5. The second kappa shape index (κ2) is 6.13. The number of carbonyl (C=O) groups excluding carboxylic acids is 1. The van der Waals surface area contributed by atoms with E-state index in [0.717, 1.165) is 19.3 Å². The Hall–Kier alpha value is -2.17. The fourth-order valence-electron chi connectivity index (χ4n) is 2.12. The molecule has 2 rings (SSSR count). The zero-order chi connectivity index (χ0) is 13.7. The Morgan fingerprint density at radius 2 is 2.26 bits per heavy atom. The van der Waals surface area contributed by atoms with E-state index in [-0.39, 0.29) is 11.3 Å². The predicted octanol–water partition coefficient (Wildman–Crippen LogP) is 1.87. The van der Waals surface area contributed by atoms with Crippen LogP contribution in [0.2, 0.25) is 0 Å². The molecule has 1 aromatic rings. The van der Waals surface area contributed by atoms with Gasteiger partial charge in [0.1, 0.15) is 5.69 Å². The lowest BCUT2D eigenvalue weighted by Crippen LogP contribution is -2.31. The number of rotatable bonds is 4. The lowest BCUT2D eigenvalue weighted by atomic mass is 9.94. The van der Waals surface area contributed by atoms with Crippen molar-refractivity contribution in [3.63, 3.8) is 0 Å². The van der Waals surface area contributed by atoms with Crippen LogP contribution >= 0.6 is 0 Å². The molecule has 0 bridgehead atoms. The number of carbonyl (C=O) groups is 2. The number of hydrogen-bond donors (Lipinski definition) is 2. The molecule has 1 heterocycles. The lowest BCUT2D eigenvalue weighted by molar-refractivity contribution is 0.0690. The van der Waals surface area contributed by atoms with E-state index in [9.17, 15) is 9.59 Å². The molecule has 1 aliphatic rings. The summed E-state index contributed by atoms with van der Waals surface area (Å²) in [5.74, 6) is -1.14. The highest BCUT2D eigenvalue weighted by Crippen LogP contribution is 2.17. The van der Waals surface area contributed by atoms with Crippen LogP contribution in [0.5, 0.6) is 0 Å². The average molecular weight is 260 g/mol. The molecule has 19 heavy (non-hydrogen) atoms. The average Bonchev–Trinajstić information content (AvgIpc) is 2.46. The zero-order valence-corrected chi connectivity index (χ0v) is 10.5.